The highest BCUT2D eigenvalue weighted by Crippen LogP contribution is 2.30. The molecule has 0 atom stereocenters. The van der Waals surface area contributed by atoms with E-state index in [9.17, 15) is 0 Å². The first-order chi connectivity index (χ1) is 6.91. The van der Waals surface area contributed by atoms with E-state index in [0.717, 1.165) is 5.82 Å². The first-order valence-electron chi connectivity index (χ1n) is 5.11. The molecule has 1 aromatic heterocycles. The predicted molar refractivity (Wildman–Crippen MR) is 64.5 cm³/mol. The van der Waals surface area contributed by atoms with Gasteiger partial charge in [0.15, 0.2) is 0 Å². The Hall–Kier alpha value is -0.340. The van der Waals surface area contributed by atoms with E-state index in [0.29, 0.717) is 28.1 Å². The van der Waals surface area contributed by atoms with E-state index >= 15 is 0 Å². The molecule has 4 heteroatoms. The van der Waals surface area contributed by atoms with Crippen LogP contribution in [0.4, 0.5) is 0 Å². The second-order valence-electron chi connectivity index (χ2n) is 4.39. The van der Waals surface area contributed by atoms with Crippen molar-refractivity contribution < 1.29 is 0 Å². The van der Waals surface area contributed by atoms with Crippen molar-refractivity contribution in [2.75, 3.05) is 0 Å². The Morgan fingerprint density at radius 3 is 1.67 bits per heavy atom. The standard InChI is InChI=1S/C11H16Cl2N2/c1-6(2)10(7(3)4)11-14-8(12)5-9(13)15-11/h5-7,10H,1-4H3. The van der Waals surface area contributed by atoms with Crippen molar-refractivity contribution in [1.29, 1.82) is 0 Å². The van der Waals surface area contributed by atoms with Crippen LogP contribution in [0.1, 0.15) is 39.4 Å². The van der Waals surface area contributed by atoms with Gasteiger partial charge in [0, 0.05) is 12.0 Å². The average Bonchev–Trinajstić information content (AvgIpc) is 1.99. The lowest BCUT2D eigenvalue weighted by Crippen LogP contribution is -2.16. The quantitative estimate of drug-likeness (QED) is 0.749. The summed E-state index contributed by atoms with van der Waals surface area (Å²) in [6.07, 6.45) is 0. The van der Waals surface area contributed by atoms with Crippen molar-refractivity contribution >= 4 is 23.2 Å². The maximum absolute atomic E-state index is 5.87. The molecule has 0 fully saturated rings. The number of rotatable bonds is 3. The lowest BCUT2D eigenvalue weighted by molar-refractivity contribution is 0.371. The molecular formula is C11H16Cl2N2. The molecule has 0 saturated heterocycles. The molecule has 0 aliphatic heterocycles. The van der Waals surface area contributed by atoms with Gasteiger partial charge in [-0.3, -0.25) is 0 Å². The summed E-state index contributed by atoms with van der Waals surface area (Å²) in [5, 5.41) is 0.826. The summed E-state index contributed by atoms with van der Waals surface area (Å²) in [6, 6.07) is 1.56. The summed E-state index contributed by atoms with van der Waals surface area (Å²) in [6.45, 7) is 8.62. The largest absolute Gasteiger partial charge is 0.221 e. The third kappa shape index (κ3) is 3.32. The minimum atomic E-state index is 0.293. The highest BCUT2D eigenvalue weighted by atomic mass is 35.5. The minimum absolute atomic E-state index is 0.293. The Morgan fingerprint density at radius 2 is 1.33 bits per heavy atom. The van der Waals surface area contributed by atoms with Gasteiger partial charge in [-0.15, -0.1) is 0 Å². The van der Waals surface area contributed by atoms with Crippen molar-refractivity contribution in [2.24, 2.45) is 11.8 Å². The zero-order chi connectivity index (χ0) is 11.6. The molecular weight excluding hydrogens is 231 g/mol. The molecule has 0 aliphatic carbocycles. The van der Waals surface area contributed by atoms with Crippen LogP contribution < -0.4 is 0 Å². The van der Waals surface area contributed by atoms with Gasteiger partial charge in [-0.05, 0) is 11.8 Å². The van der Waals surface area contributed by atoms with Gasteiger partial charge >= 0.3 is 0 Å². The summed E-state index contributed by atoms with van der Waals surface area (Å²) >= 11 is 11.7. The van der Waals surface area contributed by atoms with Gasteiger partial charge in [0.05, 0.1) is 0 Å². The first-order valence-corrected chi connectivity index (χ1v) is 5.87. The Morgan fingerprint density at radius 1 is 0.933 bits per heavy atom. The number of aromatic nitrogens is 2. The van der Waals surface area contributed by atoms with Crippen molar-refractivity contribution in [3.05, 3.63) is 22.2 Å². The van der Waals surface area contributed by atoms with Gasteiger partial charge < -0.3 is 0 Å². The second kappa shape index (κ2) is 5.13. The fraction of sp³-hybridized carbons (Fsp3) is 0.636. The van der Waals surface area contributed by atoms with Crippen LogP contribution in [0.15, 0.2) is 6.07 Å². The molecule has 0 amide bonds. The Balaban J connectivity index is 3.11. The molecule has 15 heavy (non-hydrogen) atoms. The minimum Gasteiger partial charge on any atom is -0.221 e. The number of nitrogens with zero attached hydrogens (tertiary/aromatic N) is 2. The molecule has 84 valence electrons. The highest BCUT2D eigenvalue weighted by Gasteiger charge is 2.23. The molecule has 0 unspecified atom stereocenters. The molecule has 0 radical (unpaired) electrons. The monoisotopic (exact) mass is 246 g/mol. The lowest BCUT2D eigenvalue weighted by atomic mass is 9.85. The molecule has 0 spiro atoms. The Kier molecular flexibility index (Phi) is 4.35. The van der Waals surface area contributed by atoms with E-state index in [-0.39, 0.29) is 0 Å². The average molecular weight is 247 g/mol. The fourth-order valence-corrected chi connectivity index (χ4v) is 2.36. The molecule has 0 aliphatic rings. The highest BCUT2D eigenvalue weighted by molar-refractivity contribution is 6.33. The maximum Gasteiger partial charge on any atom is 0.135 e. The van der Waals surface area contributed by atoms with E-state index < -0.39 is 0 Å². The summed E-state index contributed by atoms with van der Waals surface area (Å²) in [5.41, 5.74) is 0. The third-order valence-corrected chi connectivity index (χ3v) is 2.80. The van der Waals surface area contributed by atoms with Crippen LogP contribution >= 0.6 is 23.2 Å². The molecule has 1 heterocycles. The summed E-state index contributed by atoms with van der Waals surface area (Å²) in [4.78, 5) is 8.49. The van der Waals surface area contributed by atoms with Crippen LogP contribution in [0.5, 0.6) is 0 Å². The number of halogens is 2. The summed E-state index contributed by atoms with van der Waals surface area (Å²) in [7, 11) is 0. The van der Waals surface area contributed by atoms with Crippen LogP contribution in [0.25, 0.3) is 0 Å². The molecule has 2 nitrogen and oxygen atoms in total. The fourth-order valence-electron chi connectivity index (χ4n) is 1.92. The Labute approximate surface area is 101 Å². The predicted octanol–water partition coefficient (Wildman–Crippen LogP) is 4.18. The van der Waals surface area contributed by atoms with E-state index in [1.54, 1.807) is 6.07 Å². The van der Waals surface area contributed by atoms with Crippen molar-refractivity contribution in [1.82, 2.24) is 9.97 Å². The van der Waals surface area contributed by atoms with E-state index in [1.165, 1.54) is 0 Å². The summed E-state index contributed by atoms with van der Waals surface area (Å²) in [5.74, 6) is 1.98. The SMILES string of the molecule is CC(C)C(c1nc(Cl)cc(Cl)n1)C(C)C. The summed E-state index contributed by atoms with van der Waals surface area (Å²) < 4.78 is 0. The number of hydrogen-bond donors (Lipinski definition) is 0. The van der Waals surface area contributed by atoms with E-state index in [2.05, 4.69) is 37.7 Å². The molecule has 0 N–H and O–H groups in total. The van der Waals surface area contributed by atoms with Crippen LogP contribution in [0.2, 0.25) is 10.3 Å². The molecule has 1 rings (SSSR count). The lowest BCUT2D eigenvalue weighted by Gasteiger charge is -2.23. The third-order valence-electron chi connectivity index (χ3n) is 2.42. The molecule has 0 saturated carbocycles. The van der Waals surface area contributed by atoms with E-state index in [4.69, 9.17) is 23.2 Å². The topological polar surface area (TPSA) is 25.8 Å². The van der Waals surface area contributed by atoms with Gasteiger partial charge in [-0.2, -0.15) is 0 Å². The van der Waals surface area contributed by atoms with Crippen LogP contribution in [-0.2, 0) is 0 Å². The van der Waals surface area contributed by atoms with E-state index in [1.807, 2.05) is 0 Å². The van der Waals surface area contributed by atoms with Gasteiger partial charge in [0.1, 0.15) is 16.1 Å². The van der Waals surface area contributed by atoms with Crippen molar-refractivity contribution in [3.8, 4) is 0 Å². The number of hydrogen-bond acceptors (Lipinski definition) is 2. The second-order valence-corrected chi connectivity index (χ2v) is 5.16. The van der Waals surface area contributed by atoms with Gasteiger partial charge in [-0.1, -0.05) is 50.9 Å². The smallest absolute Gasteiger partial charge is 0.135 e. The zero-order valence-electron chi connectivity index (χ0n) is 9.46. The molecule has 1 aromatic rings. The maximum atomic E-state index is 5.87. The zero-order valence-corrected chi connectivity index (χ0v) is 11.0. The normalized spacial score (nSPS) is 11.8. The molecule has 0 aromatic carbocycles. The van der Waals surface area contributed by atoms with Crippen LogP contribution in [0.3, 0.4) is 0 Å². The van der Waals surface area contributed by atoms with Gasteiger partial charge in [-0.25, -0.2) is 9.97 Å². The van der Waals surface area contributed by atoms with Crippen molar-refractivity contribution in [2.45, 2.75) is 33.6 Å². The van der Waals surface area contributed by atoms with Crippen LogP contribution in [0, 0.1) is 11.8 Å². The van der Waals surface area contributed by atoms with Gasteiger partial charge in [0.25, 0.3) is 0 Å². The Bertz CT molecular complexity index is 309. The van der Waals surface area contributed by atoms with Gasteiger partial charge in [0.2, 0.25) is 0 Å². The van der Waals surface area contributed by atoms with Crippen LogP contribution in [-0.4, -0.2) is 9.97 Å². The molecule has 0 bridgehead atoms. The first kappa shape index (κ1) is 12.7. The van der Waals surface area contributed by atoms with Crippen molar-refractivity contribution in [3.63, 3.8) is 0 Å².